The molecular formula is C16H23N3O. The number of aromatic nitrogens is 1. The van der Waals surface area contributed by atoms with Crippen LogP contribution in [0.25, 0.3) is 10.9 Å². The van der Waals surface area contributed by atoms with Crippen molar-refractivity contribution in [3.05, 3.63) is 46.8 Å². The van der Waals surface area contributed by atoms with Gasteiger partial charge < -0.3 is 14.8 Å². The van der Waals surface area contributed by atoms with Gasteiger partial charge in [0.05, 0.1) is 5.52 Å². The monoisotopic (exact) mass is 273 g/mol. The highest BCUT2D eigenvalue weighted by Gasteiger charge is 2.01. The maximum Gasteiger partial charge on any atom is 0.189 e. The molecule has 0 saturated heterocycles. The Hall–Kier alpha value is -1.65. The number of para-hydroxylation sites is 1. The molecule has 0 radical (unpaired) electrons. The first-order valence-electron chi connectivity index (χ1n) is 7.12. The standard InChI is InChI=1S/C16H23N3O/c1-18(2)11-5-9-17-10-13-19-12-8-16(20)14-6-3-4-7-15(14)19/h3-4,6-8,12,17H,5,9-11,13H2,1-2H3. The van der Waals surface area contributed by atoms with E-state index >= 15 is 0 Å². The van der Waals surface area contributed by atoms with Gasteiger partial charge in [-0.3, -0.25) is 4.79 Å². The Morgan fingerprint density at radius 1 is 1.15 bits per heavy atom. The van der Waals surface area contributed by atoms with E-state index in [1.807, 2.05) is 30.5 Å². The quantitative estimate of drug-likeness (QED) is 0.778. The molecule has 4 nitrogen and oxygen atoms in total. The van der Waals surface area contributed by atoms with E-state index in [2.05, 4.69) is 28.9 Å². The van der Waals surface area contributed by atoms with E-state index in [-0.39, 0.29) is 5.43 Å². The molecule has 1 aromatic carbocycles. The zero-order valence-corrected chi connectivity index (χ0v) is 12.3. The van der Waals surface area contributed by atoms with E-state index < -0.39 is 0 Å². The fraction of sp³-hybridized carbons (Fsp3) is 0.438. The van der Waals surface area contributed by atoms with Gasteiger partial charge in [0.15, 0.2) is 5.43 Å². The summed E-state index contributed by atoms with van der Waals surface area (Å²) < 4.78 is 2.13. The minimum atomic E-state index is 0.0933. The SMILES string of the molecule is CN(C)CCCNCCn1ccc(=O)c2ccccc21. The van der Waals surface area contributed by atoms with Crippen molar-refractivity contribution in [2.45, 2.75) is 13.0 Å². The lowest BCUT2D eigenvalue weighted by molar-refractivity contribution is 0.393. The molecule has 4 heteroatoms. The van der Waals surface area contributed by atoms with Crippen LogP contribution in [0.15, 0.2) is 41.3 Å². The van der Waals surface area contributed by atoms with Gasteiger partial charge in [-0.2, -0.15) is 0 Å². The van der Waals surface area contributed by atoms with Crippen molar-refractivity contribution in [3.63, 3.8) is 0 Å². The van der Waals surface area contributed by atoms with Crippen LogP contribution in [0.4, 0.5) is 0 Å². The lowest BCUT2D eigenvalue weighted by Gasteiger charge is -2.12. The van der Waals surface area contributed by atoms with E-state index in [0.717, 1.165) is 43.5 Å². The van der Waals surface area contributed by atoms with Gasteiger partial charge in [-0.25, -0.2) is 0 Å². The summed E-state index contributed by atoms with van der Waals surface area (Å²) in [6, 6.07) is 9.42. The molecule has 0 aliphatic carbocycles. The van der Waals surface area contributed by atoms with Crippen molar-refractivity contribution in [2.24, 2.45) is 0 Å². The van der Waals surface area contributed by atoms with Gasteiger partial charge in [-0.05, 0) is 45.7 Å². The van der Waals surface area contributed by atoms with Crippen LogP contribution >= 0.6 is 0 Å². The Morgan fingerprint density at radius 2 is 1.95 bits per heavy atom. The van der Waals surface area contributed by atoms with E-state index in [4.69, 9.17) is 0 Å². The summed E-state index contributed by atoms with van der Waals surface area (Å²) in [7, 11) is 4.18. The summed E-state index contributed by atoms with van der Waals surface area (Å²) in [5.74, 6) is 0. The van der Waals surface area contributed by atoms with Crippen LogP contribution in [0.3, 0.4) is 0 Å². The van der Waals surface area contributed by atoms with Crippen molar-refractivity contribution >= 4 is 10.9 Å². The third-order valence-corrected chi connectivity index (χ3v) is 3.37. The highest BCUT2D eigenvalue weighted by Crippen LogP contribution is 2.08. The molecule has 1 heterocycles. The Bertz CT molecular complexity index is 604. The van der Waals surface area contributed by atoms with Gasteiger partial charge in [0.2, 0.25) is 0 Å². The molecule has 20 heavy (non-hydrogen) atoms. The number of hydrogen-bond acceptors (Lipinski definition) is 3. The maximum absolute atomic E-state index is 11.8. The molecule has 2 rings (SSSR count). The summed E-state index contributed by atoms with van der Waals surface area (Å²) in [6.45, 7) is 3.92. The molecule has 1 N–H and O–H groups in total. The zero-order chi connectivity index (χ0) is 14.4. The fourth-order valence-electron chi connectivity index (χ4n) is 2.30. The van der Waals surface area contributed by atoms with Gasteiger partial charge in [0, 0.05) is 30.7 Å². The molecule has 1 aromatic heterocycles. The molecule has 0 aliphatic heterocycles. The Balaban J connectivity index is 1.91. The van der Waals surface area contributed by atoms with Crippen molar-refractivity contribution < 1.29 is 0 Å². The van der Waals surface area contributed by atoms with Crippen LogP contribution in [0.2, 0.25) is 0 Å². The number of nitrogens with zero attached hydrogens (tertiary/aromatic N) is 2. The summed E-state index contributed by atoms with van der Waals surface area (Å²) in [6.07, 6.45) is 3.03. The first kappa shape index (κ1) is 14.8. The molecule has 0 unspecified atom stereocenters. The largest absolute Gasteiger partial charge is 0.346 e. The number of benzene rings is 1. The summed E-state index contributed by atoms with van der Waals surface area (Å²) in [4.78, 5) is 14.0. The zero-order valence-electron chi connectivity index (χ0n) is 12.3. The molecule has 108 valence electrons. The van der Waals surface area contributed by atoms with E-state index in [1.165, 1.54) is 0 Å². The average Bonchev–Trinajstić information content (AvgIpc) is 2.45. The van der Waals surface area contributed by atoms with Crippen molar-refractivity contribution in [3.8, 4) is 0 Å². The molecule has 0 spiro atoms. The fourth-order valence-corrected chi connectivity index (χ4v) is 2.30. The predicted molar refractivity (Wildman–Crippen MR) is 84.2 cm³/mol. The highest BCUT2D eigenvalue weighted by molar-refractivity contribution is 5.78. The van der Waals surface area contributed by atoms with Gasteiger partial charge in [-0.15, -0.1) is 0 Å². The highest BCUT2D eigenvalue weighted by atomic mass is 16.1. The molecule has 0 aliphatic rings. The minimum Gasteiger partial charge on any atom is -0.346 e. The number of nitrogens with one attached hydrogen (secondary N) is 1. The van der Waals surface area contributed by atoms with Crippen LogP contribution in [-0.2, 0) is 6.54 Å². The third-order valence-electron chi connectivity index (χ3n) is 3.37. The number of fused-ring (bicyclic) bond motifs is 1. The lowest BCUT2D eigenvalue weighted by Crippen LogP contribution is -2.24. The number of hydrogen-bond donors (Lipinski definition) is 1. The second kappa shape index (κ2) is 7.22. The summed E-state index contributed by atoms with van der Waals surface area (Å²) in [5, 5.41) is 4.24. The summed E-state index contributed by atoms with van der Waals surface area (Å²) >= 11 is 0. The van der Waals surface area contributed by atoms with Crippen LogP contribution in [0.5, 0.6) is 0 Å². The second-order valence-electron chi connectivity index (χ2n) is 5.30. The minimum absolute atomic E-state index is 0.0933. The Labute approximate surface area is 120 Å². The van der Waals surface area contributed by atoms with Crippen LogP contribution < -0.4 is 10.7 Å². The van der Waals surface area contributed by atoms with Crippen molar-refractivity contribution in [1.29, 1.82) is 0 Å². The molecule has 2 aromatic rings. The third kappa shape index (κ3) is 3.92. The lowest BCUT2D eigenvalue weighted by atomic mass is 10.2. The van der Waals surface area contributed by atoms with E-state index in [0.29, 0.717) is 0 Å². The molecule has 0 bridgehead atoms. The van der Waals surface area contributed by atoms with Crippen molar-refractivity contribution in [1.82, 2.24) is 14.8 Å². The molecule has 0 amide bonds. The van der Waals surface area contributed by atoms with Gasteiger partial charge in [-0.1, -0.05) is 12.1 Å². The molecule has 0 fully saturated rings. The van der Waals surface area contributed by atoms with Crippen molar-refractivity contribution in [2.75, 3.05) is 33.7 Å². The van der Waals surface area contributed by atoms with E-state index in [9.17, 15) is 4.79 Å². The van der Waals surface area contributed by atoms with Gasteiger partial charge in [0.25, 0.3) is 0 Å². The smallest absolute Gasteiger partial charge is 0.189 e. The second-order valence-corrected chi connectivity index (χ2v) is 5.30. The van der Waals surface area contributed by atoms with Gasteiger partial charge in [0.1, 0.15) is 0 Å². The number of pyridine rings is 1. The predicted octanol–water partition coefficient (Wildman–Crippen LogP) is 1.54. The summed E-state index contributed by atoms with van der Waals surface area (Å²) in [5.41, 5.74) is 1.10. The van der Waals surface area contributed by atoms with E-state index in [1.54, 1.807) is 6.07 Å². The molecule has 0 saturated carbocycles. The molecular weight excluding hydrogens is 250 g/mol. The maximum atomic E-state index is 11.8. The normalized spacial score (nSPS) is 11.3. The van der Waals surface area contributed by atoms with Gasteiger partial charge >= 0.3 is 0 Å². The topological polar surface area (TPSA) is 37.3 Å². The van der Waals surface area contributed by atoms with Crippen LogP contribution in [0.1, 0.15) is 6.42 Å². The molecule has 0 atom stereocenters. The Kier molecular flexibility index (Phi) is 5.32. The Morgan fingerprint density at radius 3 is 2.75 bits per heavy atom. The first-order valence-corrected chi connectivity index (χ1v) is 7.12. The van der Waals surface area contributed by atoms with Crippen LogP contribution in [-0.4, -0.2) is 43.2 Å². The number of rotatable bonds is 7. The first-order chi connectivity index (χ1) is 9.68. The average molecular weight is 273 g/mol. The van der Waals surface area contributed by atoms with Crippen LogP contribution in [0, 0.1) is 0 Å².